The number of nitrogens with two attached hydrogens (primary N) is 1. The van der Waals surface area contributed by atoms with Crippen molar-refractivity contribution in [2.24, 2.45) is 0 Å². The van der Waals surface area contributed by atoms with Crippen LogP contribution in [0.2, 0.25) is 0 Å². The summed E-state index contributed by atoms with van der Waals surface area (Å²) in [6, 6.07) is 13.6. The number of benzene rings is 1. The molecular weight excluding hydrogens is 419 g/mol. The Morgan fingerprint density at radius 3 is 2.61 bits per heavy atom. The smallest absolute Gasteiger partial charge is 0.180 e. The largest absolute Gasteiger partial charge is 0.382 e. The molecule has 0 amide bonds. The predicted molar refractivity (Wildman–Crippen MR) is 124 cm³/mol. The number of nitrogens with one attached hydrogen (secondary N) is 1. The zero-order valence-corrected chi connectivity index (χ0v) is 18.4. The second kappa shape index (κ2) is 9.44. The van der Waals surface area contributed by atoms with Crippen molar-refractivity contribution in [3.63, 3.8) is 0 Å². The number of nitrogen functional groups attached to an aromatic ring is 1. The molecule has 0 aliphatic rings. The lowest BCUT2D eigenvalue weighted by molar-refractivity contribution is 0.627. The van der Waals surface area contributed by atoms with Gasteiger partial charge in [0, 0.05) is 24.0 Å². The van der Waals surface area contributed by atoms with Crippen LogP contribution < -0.4 is 11.1 Å². The van der Waals surface area contributed by atoms with E-state index in [0.29, 0.717) is 47.8 Å². The van der Waals surface area contributed by atoms with Gasteiger partial charge in [0.05, 0.1) is 11.4 Å². The summed E-state index contributed by atoms with van der Waals surface area (Å²) < 4.78 is 14.7. The van der Waals surface area contributed by atoms with Gasteiger partial charge in [0.25, 0.3) is 0 Å². The fourth-order valence-electron chi connectivity index (χ4n) is 3.43. The Kier molecular flexibility index (Phi) is 6.26. The minimum Gasteiger partial charge on any atom is -0.382 e. The minimum atomic E-state index is -0.349. The molecule has 0 fully saturated rings. The number of aromatic nitrogens is 5. The van der Waals surface area contributed by atoms with E-state index in [1.165, 1.54) is 16.8 Å². The maximum atomic E-state index is 13.2. The highest BCUT2D eigenvalue weighted by molar-refractivity contribution is 5.57. The Hall–Kier alpha value is -4.32. The van der Waals surface area contributed by atoms with Gasteiger partial charge >= 0.3 is 0 Å². The average Bonchev–Trinajstić information content (AvgIpc) is 3.15. The van der Waals surface area contributed by atoms with Gasteiger partial charge in [-0.15, -0.1) is 0 Å². The highest BCUT2D eigenvalue weighted by atomic mass is 19.1. The molecule has 0 spiro atoms. The van der Waals surface area contributed by atoms with Crippen LogP contribution in [-0.4, -0.2) is 31.3 Å². The van der Waals surface area contributed by atoms with Crippen molar-refractivity contribution in [2.75, 3.05) is 17.6 Å². The average molecular weight is 443 g/mol. The molecule has 0 radical (unpaired) electrons. The number of nitrogens with zero attached hydrogens (tertiary/aromatic N) is 6. The molecule has 0 unspecified atom stereocenters. The van der Waals surface area contributed by atoms with Crippen molar-refractivity contribution in [1.82, 2.24) is 24.7 Å². The summed E-state index contributed by atoms with van der Waals surface area (Å²) in [5.74, 6) is 1.21. The molecule has 0 aliphatic heterocycles. The first-order chi connectivity index (χ1) is 16.0. The molecule has 3 aromatic heterocycles. The van der Waals surface area contributed by atoms with Crippen molar-refractivity contribution >= 4 is 11.6 Å². The maximum absolute atomic E-state index is 13.2. The summed E-state index contributed by atoms with van der Waals surface area (Å²) >= 11 is 0. The summed E-state index contributed by atoms with van der Waals surface area (Å²) in [6.45, 7) is 4.53. The SMILES string of the molecule is Cc1nc(-c2ccccn2)nc(NCCCc2nn(-c3ccc(F)cc3)c(N)c2C#N)c1C. The lowest BCUT2D eigenvalue weighted by atomic mass is 10.1. The molecule has 0 saturated heterocycles. The van der Waals surface area contributed by atoms with E-state index < -0.39 is 0 Å². The van der Waals surface area contributed by atoms with E-state index in [0.717, 1.165) is 17.1 Å². The van der Waals surface area contributed by atoms with E-state index in [9.17, 15) is 9.65 Å². The number of anilines is 2. The van der Waals surface area contributed by atoms with Crippen LogP contribution in [0.15, 0.2) is 48.7 Å². The molecule has 0 aliphatic carbocycles. The summed E-state index contributed by atoms with van der Waals surface area (Å²) in [4.78, 5) is 13.5. The predicted octanol–water partition coefficient (Wildman–Crippen LogP) is 3.98. The number of nitriles is 1. The van der Waals surface area contributed by atoms with Crippen LogP contribution in [0.1, 0.15) is 28.9 Å². The number of hydrogen-bond acceptors (Lipinski definition) is 7. The van der Waals surface area contributed by atoms with Crippen LogP contribution in [-0.2, 0) is 6.42 Å². The van der Waals surface area contributed by atoms with Gasteiger partial charge in [0.1, 0.15) is 34.8 Å². The minimum absolute atomic E-state index is 0.245. The molecule has 0 atom stereocenters. The molecule has 3 heterocycles. The Morgan fingerprint density at radius 1 is 1.12 bits per heavy atom. The first kappa shape index (κ1) is 21.9. The zero-order valence-electron chi connectivity index (χ0n) is 18.4. The Bertz CT molecular complexity index is 1310. The van der Waals surface area contributed by atoms with Gasteiger partial charge in [0.15, 0.2) is 5.82 Å². The molecule has 166 valence electrons. The molecule has 4 aromatic rings. The number of halogens is 1. The van der Waals surface area contributed by atoms with Gasteiger partial charge in [-0.2, -0.15) is 10.4 Å². The monoisotopic (exact) mass is 442 g/mol. The van der Waals surface area contributed by atoms with E-state index in [2.05, 4.69) is 31.4 Å². The van der Waals surface area contributed by atoms with Crippen LogP contribution in [0.5, 0.6) is 0 Å². The third-order valence-corrected chi connectivity index (χ3v) is 5.34. The molecule has 8 nitrogen and oxygen atoms in total. The lowest BCUT2D eigenvalue weighted by Crippen LogP contribution is -2.09. The van der Waals surface area contributed by atoms with E-state index in [1.54, 1.807) is 18.3 Å². The quantitative estimate of drug-likeness (QED) is 0.416. The first-order valence-corrected chi connectivity index (χ1v) is 10.5. The van der Waals surface area contributed by atoms with Crippen molar-refractivity contribution in [3.05, 3.63) is 77.0 Å². The van der Waals surface area contributed by atoms with Crippen molar-refractivity contribution in [1.29, 1.82) is 5.26 Å². The molecule has 0 bridgehead atoms. The molecular formula is C24H23FN8. The second-order valence-electron chi connectivity index (χ2n) is 7.56. The molecule has 0 saturated carbocycles. The van der Waals surface area contributed by atoms with Crippen LogP contribution in [0.4, 0.5) is 16.0 Å². The standard InChI is InChI=1S/C24H23FN8/c1-15-16(2)30-24(21-6-3-4-12-28-21)31-23(15)29-13-5-7-20-19(14-26)22(27)33(32-20)18-10-8-17(25)9-11-18/h3-4,6,8-12H,5,7,13,27H2,1-2H3,(H,29,30,31). The van der Waals surface area contributed by atoms with Crippen molar-refractivity contribution in [3.8, 4) is 23.3 Å². The van der Waals surface area contributed by atoms with E-state index in [-0.39, 0.29) is 11.6 Å². The van der Waals surface area contributed by atoms with Crippen molar-refractivity contribution in [2.45, 2.75) is 26.7 Å². The van der Waals surface area contributed by atoms with Crippen LogP contribution >= 0.6 is 0 Å². The van der Waals surface area contributed by atoms with Crippen LogP contribution in [0, 0.1) is 31.0 Å². The number of aryl methyl sites for hydroxylation is 2. The van der Waals surface area contributed by atoms with Crippen LogP contribution in [0.3, 0.4) is 0 Å². The Balaban J connectivity index is 1.46. The third kappa shape index (κ3) is 4.65. The fourth-order valence-corrected chi connectivity index (χ4v) is 3.43. The number of pyridine rings is 1. The van der Waals surface area contributed by atoms with Gasteiger partial charge in [-0.05, 0) is 63.1 Å². The van der Waals surface area contributed by atoms with Gasteiger partial charge < -0.3 is 11.1 Å². The number of rotatable bonds is 7. The summed E-state index contributed by atoms with van der Waals surface area (Å²) in [7, 11) is 0. The second-order valence-corrected chi connectivity index (χ2v) is 7.56. The zero-order chi connectivity index (χ0) is 23.4. The summed E-state index contributed by atoms with van der Waals surface area (Å²) in [6.07, 6.45) is 2.96. The maximum Gasteiger partial charge on any atom is 0.180 e. The highest BCUT2D eigenvalue weighted by Gasteiger charge is 2.17. The molecule has 4 rings (SSSR count). The van der Waals surface area contributed by atoms with Crippen LogP contribution in [0.25, 0.3) is 17.2 Å². The third-order valence-electron chi connectivity index (χ3n) is 5.34. The lowest BCUT2D eigenvalue weighted by Gasteiger charge is -2.12. The topological polar surface area (TPSA) is 118 Å². The molecule has 3 N–H and O–H groups in total. The van der Waals surface area contributed by atoms with Crippen molar-refractivity contribution < 1.29 is 4.39 Å². The Labute approximate surface area is 191 Å². The number of hydrogen-bond donors (Lipinski definition) is 2. The van der Waals surface area contributed by atoms with Gasteiger partial charge in [-0.25, -0.2) is 19.0 Å². The fraction of sp³-hybridized carbons (Fsp3) is 0.208. The van der Waals surface area contributed by atoms with E-state index >= 15 is 0 Å². The Morgan fingerprint density at radius 2 is 1.91 bits per heavy atom. The molecule has 1 aromatic carbocycles. The summed E-state index contributed by atoms with van der Waals surface area (Å²) in [5.41, 5.74) is 10.2. The first-order valence-electron chi connectivity index (χ1n) is 10.5. The summed E-state index contributed by atoms with van der Waals surface area (Å²) in [5, 5.41) is 17.4. The normalized spacial score (nSPS) is 10.7. The van der Waals surface area contributed by atoms with Gasteiger partial charge in [-0.3, -0.25) is 4.98 Å². The van der Waals surface area contributed by atoms with Gasteiger partial charge in [-0.1, -0.05) is 6.07 Å². The molecule has 9 heteroatoms. The van der Waals surface area contributed by atoms with E-state index in [4.69, 9.17) is 5.73 Å². The van der Waals surface area contributed by atoms with E-state index in [1.807, 2.05) is 32.0 Å². The highest BCUT2D eigenvalue weighted by Crippen LogP contribution is 2.23. The van der Waals surface area contributed by atoms with Gasteiger partial charge in [0.2, 0.25) is 0 Å². The molecule has 33 heavy (non-hydrogen) atoms.